The van der Waals surface area contributed by atoms with Crippen LogP contribution in [-0.2, 0) is 0 Å². The van der Waals surface area contributed by atoms with Crippen molar-refractivity contribution in [1.82, 2.24) is 15.0 Å². The van der Waals surface area contributed by atoms with Crippen LogP contribution in [0.2, 0.25) is 5.02 Å². The molecule has 1 atom stereocenters. The Morgan fingerprint density at radius 3 is 2.92 bits per heavy atom. The highest BCUT2D eigenvalue weighted by Gasteiger charge is 2.29. The fourth-order valence-corrected chi connectivity index (χ4v) is 3.60. The highest BCUT2D eigenvalue weighted by molar-refractivity contribution is 7.16. The Hall–Kier alpha value is -2.51. The molecule has 0 fully saturated rings. The molecule has 8 heteroatoms. The van der Waals surface area contributed by atoms with Crippen LogP contribution in [0.1, 0.15) is 16.6 Å². The first-order chi connectivity index (χ1) is 12.1. The second kappa shape index (κ2) is 6.42. The molecule has 3 aromatic rings. The summed E-state index contributed by atoms with van der Waals surface area (Å²) in [6, 6.07) is 7.00. The average Bonchev–Trinajstić information content (AvgIpc) is 3.12. The van der Waals surface area contributed by atoms with Gasteiger partial charge in [0.15, 0.2) is 10.8 Å². The Bertz CT molecular complexity index is 931. The molecule has 25 heavy (non-hydrogen) atoms. The topological polar surface area (TPSA) is 68.2 Å². The molecule has 0 bridgehead atoms. The predicted molar refractivity (Wildman–Crippen MR) is 96.4 cm³/mol. The number of rotatable bonds is 2. The molecule has 1 aliphatic rings. The second-order valence-corrected chi connectivity index (χ2v) is 7.03. The van der Waals surface area contributed by atoms with E-state index in [0.29, 0.717) is 38.7 Å². The normalized spacial score (nSPS) is 16.2. The Kier molecular flexibility index (Phi) is 4.10. The fraction of sp³-hybridized carbons (Fsp3) is 0.176. The number of benzene rings is 1. The van der Waals surface area contributed by atoms with Crippen LogP contribution in [0.5, 0.6) is 5.75 Å². The molecule has 6 nitrogen and oxygen atoms in total. The number of nitrogens with zero attached hydrogens (tertiary/aromatic N) is 4. The summed E-state index contributed by atoms with van der Waals surface area (Å²) >= 11 is 7.36. The van der Waals surface area contributed by atoms with Crippen LogP contribution in [0.15, 0.2) is 42.9 Å². The first-order valence-electron chi connectivity index (χ1n) is 7.63. The molecule has 3 heterocycles. The number of amides is 1. The van der Waals surface area contributed by atoms with Gasteiger partial charge >= 0.3 is 0 Å². The van der Waals surface area contributed by atoms with Crippen molar-refractivity contribution >= 4 is 34.5 Å². The number of aromatic nitrogens is 3. The van der Waals surface area contributed by atoms with Gasteiger partial charge in [-0.15, -0.1) is 11.3 Å². The van der Waals surface area contributed by atoms with Gasteiger partial charge < -0.3 is 9.64 Å². The van der Waals surface area contributed by atoms with E-state index in [1.807, 2.05) is 6.92 Å². The van der Waals surface area contributed by atoms with E-state index in [1.165, 1.54) is 11.3 Å². The number of carbonyl (C=O) groups excluding carboxylic acids is 1. The zero-order valence-corrected chi connectivity index (χ0v) is 14.8. The number of anilines is 1. The summed E-state index contributed by atoms with van der Waals surface area (Å²) in [5, 5.41) is 1.16. The van der Waals surface area contributed by atoms with Gasteiger partial charge in [0.1, 0.15) is 16.7 Å². The highest BCUT2D eigenvalue weighted by Crippen LogP contribution is 2.37. The first kappa shape index (κ1) is 16.0. The Balaban J connectivity index is 1.68. The molecule has 1 aromatic carbocycles. The number of hydrogen-bond acceptors (Lipinski definition) is 6. The van der Waals surface area contributed by atoms with Crippen molar-refractivity contribution in [3.8, 4) is 16.6 Å². The standard InChI is InChI=1S/C17H13ClN4O2S/c1-10-9-22(12-7-11(18)3-4-13(12)24-10)17(23)14-8-21-16(25-14)15-19-5-2-6-20-15/h2-8,10H,9H2,1H3/t10-/m1/s1. The first-order valence-corrected chi connectivity index (χ1v) is 8.82. The van der Waals surface area contributed by atoms with Gasteiger partial charge in [0.05, 0.1) is 18.4 Å². The number of fused-ring (bicyclic) bond motifs is 1. The average molecular weight is 373 g/mol. The Morgan fingerprint density at radius 2 is 2.12 bits per heavy atom. The number of halogens is 1. The minimum atomic E-state index is -0.140. The van der Waals surface area contributed by atoms with E-state index < -0.39 is 0 Å². The molecule has 126 valence electrons. The van der Waals surface area contributed by atoms with E-state index in [2.05, 4.69) is 15.0 Å². The van der Waals surface area contributed by atoms with Gasteiger partial charge in [0.2, 0.25) is 0 Å². The fourth-order valence-electron chi connectivity index (χ4n) is 2.62. The molecule has 0 saturated carbocycles. The van der Waals surface area contributed by atoms with Gasteiger partial charge in [-0.25, -0.2) is 15.0 Å². The lowest BCUT2D eigenvalue weighted by atomic mass is 10.2. The molecule has 0 N–H and O–H groups in total. The molecule has 0 spiro atoms. The van der Waals surface area contributed by atoms with Crippen LogP contribution in [-0.4, -0.2) is 33.5 Å². The zero-order valence-electron chi connectivity index (χ0n) is 13.2. The maximum Gasteiger partial charge on any atom is 0.270 e. The SMILES string of the molecule is C[C@@H]1CN(C(=O)c2cnc(-c3ncccn3)s2)c2cc(Cl)ccc2O1. The van der Waals surface area contributed by atoms with E-state index >= 15 is 0 Å². The van der Waals surface area contributed by atoms with Crippen LogP contribution in [0.25, 0.3) is 10.8 Å². The quantitative estimate of drug-likeness (QED) is 0.686. The minimum absolute atomic E-state index is 0.109. The molecule has 0 aliphatic carbocycles. The lowest BCUT2D eigenvalue weighted by molar-refractivity contribution is 0.0965. The van der Waals surface area contributed by atoms with Crippen molar-refractivity contribution in [2.24, 2.45) is 0 Å². The summed E-state index contributed by atoms with van der Waals surface area (Å²) in [5.41, 5.74) is 0.668. The summed E-state index contributed by atoms with van der Waals surface area (Å²) in [5.74, 6) is 1.01. The van der Waals surface area contributed by atoms with Gasteiger partial charge in [0.25, 0.3) is 5.91 Å². The van der Waals surface area contributed by atoms with Crippen LogP contribution in [0, 0.1) is 0 Å². The number of thiazole rings is 1. The molecule has 0 unspecified atom stereocenters. The molecule has 1 amide bonds. The maximum atomic E-state index is 13.0. The highest BCUT2D eigenvalue weighted by atomic mass is 35.5. The van der Waals surface area contributed by atoms with E-state index in [0.717, 1.165) is 0 Å². The largest absolute Gasteiger partial charge is 0.487 e. The summed E-state index contributed by atoms with van der Waals surface area (Å²) in [4.78, 5) is 27.8. The van der Waals surface area contributed by atoms with Crippen LogP contribution >= 0.6 is 22.9 Å². The van der Waals surface area contributed by atoms with Gasteiger partial charge in [-0.05, 0) is 31.2 Å². The van der Waals surface area contributed by atoms with Gasteiger partial charge in [0, 0.05) is 17.4 Å². The summed E-state index contributed by atoms with van der Waals surface area (Å²) < 4.78 is 5.79. The van der Waals surface area contributed by atoms with Crippen molar-refractivity contribution in [1.29, 1.82) is 0 Å². The van der Waals surface area contributed by atoms with Crippen LogP contribution in [0.3, 0.4) is 0 Å². The van der Waals surface area contributed by atoms with Crippen molar-refractivity contribution < 1.29 is 9.53 Å². The van der Waals surface area contributed by atoms with Crippen molar-refractivity contribution in [2.75, 3.05) is 11.4 Å². The zero-order chi connectivity index (χ0) is 17.4. The lowest BCUT2D eigenvalue weighted by Crippen LogP contribution is -2.42. The lowest BCUT2D eigenvalue weighted by Gasteiger charge is -2.33. The third-order valence-electron chi connectivity index (χ3n) is 3.70. The predicted octanol–water partition coefficient (Wildman–Crippen LogP) is 3.68. The molecule has 0 radical (unpaired) electrons. The van der Waals surface area contributed by atoms with Gasteiger partial charge in [-0.1, -0.05) is 11.6 Å². The van der Waals surface area contributed by atoms with Crippen molar-refractivity contribution in [2.45, 2.75) is 13.0 Å². The number of hydrogen-bond donors (Lipinski definition) is 0. The van der Waals surface area contributed by atoms with Crippen molar-refractivity contribution in [3.63, 3.8) is 0 Å². The van der Waals surface area contributed by atoms with E-state index in [9.17, 15) is 4.79 Å². The van der Waals surface area contributed by atoms with Crippen LogP contribution < -0.4 is 9.64 Å². The summed E-state index contributed by atoms with van der Waals surface area (Å²) in [6.07, 6.45) is 4.74. The van der Waals surface area contributed by atoms with E-state index in [4.69, 9.17) is 16.3 Å². The Morgan fingerprint density at radius 1 is 1.32 bits per heavy atom. The summed E-state index contributed by atoms with van der Waals surface area (Å²) in [7, 11) is 0. The number of ether oxygens (including phenoxy) is 1. The van der Waals surface area contributed by atoms with Gasteiger partial charge in [-0.3, -0.25) is 4.79 Å². The maximum absolute atomic E-state index is 13.0. The second-order valence-electron chi connectivity index (χ2n) is 5.56. The third kappa shape index (κ3) is 3.08. The van der Waals surface area contributed by atoms with E-state index in [-0.39, 0.29) is 12.0 Å². The third-order valence-corrected chi connectivity index (χ3v) is 4.91. The molecule has 1 aliphatic heterocycles. The van der Waals surface area contributed by atoms with E-state index in [1.54, 1.807) is 47.8 Å². The molecular formula is C17H13ClN4O2S. The number of carbonyl (C=O) groups is 1. The smallest absolute Gasteiger partial charge is 0.270 e. The summed E-state index contributed by atoms with van der Waals surface area (Å²) in [6.45, 7) is 2.37. The van der Waals surface area contributed by atoms with Crippen molar-refractivity contribution in [3.05, 3.63) is 52.8 Å². The minimum Gasteiger partial charge on any atom is -0.487 e. The monoisotopic (exact) mass is 372 g/mol. The van der Waals surface area contributed by atoms with Gasteiger partial charge in [-0.2, -0.15) is 0 Å². The molecule has 0 saturated heterocycles. The Labute approximate surface area is 153 Å². The van der Waals surface area contributed by atoms with Crippen LogP contribution in [0.4, 0.5) is 5.69 Å². The molecular weight excluding hydrogens is 360 g/mol. The molecule has 2 aromatic heterocycles. The molecule has 4 rings (SSSR count).